The van der Waals surface area contributed by atoms with Gasteiger partial charge in [-0.05, 0) is 42.9 Å². The van der Waals surface area contributed by atoms with Gasteiger partial charge < -0.3 is 9.47 Å². The SMILES string of the molecule is CCCOc1ccccc1[C@@H]1C(C(=O)OCc2ccccc2)=C(C)N=C2C[C@@H](c3ccccc3)CC(=O)C21. The van der Waals surface area contributed by atoms with Crippen molar-refractivity contribution < 1.29 is 19.1 Å². The molecule has 1 heterocycles. The first kappa shape index (κ1) is 25.7. The lowest BCUT2D eigenvalue weighted by atomic mass is 9.66. The summed E-state index contributed by atoms with van der Waals surface area (Å²) in [6.07, 6.45) is 1.94. The molecule has 5 heteroatoms. The van der Waals surface area contributed by atoms with Crippen LogP contribution in [-0.2, 0) is 20.9 Å². The van der Waals surface area contributed by atoms with E-state index in [0.717, 1.165) is 28.8 Å². The Labute approximate surface area is 224 Å². The molecule has 194 valence electrons. The number of benzene rings is 3. The van der Waals surface area contributed by atoms with Crippen molar-refractivity contribution >= 4 is 17.5 Å². The predicted octanol–water partition coefficient (Wildman–Crippen LogP) is 6.79. The lowest BCUT2D eigenvalue weighted by molar-refractivity contribution is -0.140. The van der Waals surface area contributed by atoms with Crippen molar-refractivity contribution in [3.05, 3.63) is 113 Å². The highest BCUT2D eigenvalue weighted by atomic mass is 16.5. The van der Waals surface area contributed by atoms with E-state index in [-0.39, 0.29) is 18.3 Å². The Morgan fingerprint density at radius 3 is 2.32 bits per heavy atom. The highest BCUT2D eigenvalue weighted by molar-refractivity contribution is 6.12. The summed E-state index contributed by atoms with van der Waals surface area (Å²) >= 11 is 0. The van der Waals surface area contributed by atoms with Crippen molar-refractivity contribution in [1.29, 1.82) is 0 Å². The first-order valence-electron chi connectivity index (χ1n) is 13.4. The Kier molecular flexibility index (Phi) is 7.83. The number of aliphatic imine (C=N–C) groups is 1. The molecule has 0 amide bonds. The minimum atomic E-state index is -0.524. The Morgan fingerprint density at radius 2 is 1.58 bits per heavy atom. The van der Waals surface area contributed by atoms with Gasteiger partial charge in [0.1, 0.15) is 18.1 Å². The molecule has 1 aliphatic heterocycles. The lowest BCUT2D eigenvalue weighted by Gasteiger charge is -2.38. The highest BCUT2D eigenvalue weighted by Crippen LogP contribution is 2.48. The molecule has 1 saturated carbocycles. The van der Waals surface area contributed by atoms with E-state index in [0.29, 0.717) is 36.5 Å². The highest BCUT2D eigenvalue weighted by Gasteiger charge is 2.46. The third-order valence-corrected chi connectivity index (χ3v) is 7.37. The average Bonchev–Trinajstić information content (AvgIpc) is 2.95. The van der Waals surface area contributed by atoms with Gasteiger partial charge in [0, 0.05) is 29.3 Å². The molecule has 0 spiro atoms. The summed E-state index contributed by atoms with van der Waals surface area (Å²) in [4.78, 5) is 32.4. The quantitative estimate of drug-likeness (QED) is 0.315. The zero-order valence-electron chi connectivity index (χ0n) is 21.9. The molecule has 3 aromatic rings. The number of ether oxygens (including phenoxy) is 2. The van der Waals surface area contributed by atoms with E-state index >= 15 is 0 Å². The molecule has 3 atom stereocenters. The monoisotopic (exact) mass is 507 g/mol. The molecule has 0 bridgehead atoms. The van der Waals surface area contributed by atoms with E-state index in [9.17, 15) is 9.59 Å². The molecule has 38 heavy (non-hydrogen) atoms. The van der Waals surface area contributed by atoms with E-state index in [1.807, 2.05) is 79.7 Å². The molecule has 3 aromatic carbocycles. The number of ketones is 1. The number of allylic oxidation sites excluding steroid dienone is 1. The van der Waals surface area contributed by atoms with Crippen LogP contribution in [0.25, 0.3) is 0 Å². The van der Waals surface area contributed by atoms with Crippen LogP contribution in [0.2, 0.25) is 0 Å². The van der Waals surface area contributed by atoms with Crippen LogP contribution >= 0.6 is 0 Å². The van der Waals surface area contributed by atoms with Crippen molar-refractivity contribution in [2.24, 2.45) is 10.9 Å². The largest absolute Gasteiger partial charge is 0.493 e. The molecule has 1 fully saturated rings. The maximum atomic E-state index is 13.9. The van der Waals surface area contributed by atoms with Gasteiger partial charge in [0.25, 0.3) is 0 Å². The summed E-state index contributed by atoms with van der Waals surface area (Å²) < 4.78 is 11.9. The van der Waals surface area contributed by atoms with Gasteiger partial charge in [-0.25, -0.2) is 4.79 Å². The smallest absolute Gasteiger partial charge is 0.336 e. The number of hydrogen-bond donors (Lipinski definition) is 0. The summed E-state index contributed by atoms with van der Waals surface area (Å²) in [5.74, 6) is -0.611. The number of carbonyl (C=O) groups is 2. The van der Waals surface area contributed by atoms with Gasteiger partial charge in [0.2, 0.25) is 0 Å². The van der Waals surface area contributed by atoms with Gasteiger partial charge in [-0.3, -0.25) is 9.79 Å². The molecular weight excluding hydrogens is 474 g/mol. The van der Waals surface area contributed by atoms with E-state index < -0.39 is 17.8 Å². The standard InChI is InChI=1S/C33H33NO4/c1-3-18-37-29-17-11-10-16-26(29)31-30(33(36)38-21-23-12-6-4-7-13-23)22(2)34-27-19-25(20-28(35)32(27)31)24-14-8-5-9-15-24/h4-17,25,31-32H,3,18-21H2,1-2H3/t25-,31-,32?/m1/s1. The molecule has 0 radical (unpaired) electrons. The summed E-state index contributed by atoms with van der Waals surface area (Å²) in [5, 5.41) is 0. The molecular formula is C33H33NO4. The fourth-order valence-electron chi connectivity index (χ4n) is 5.62. The molecule has 1 aliphatic carbocycles. The Hall–Kier alpha value is -3.99. The van der Waals surface area contributed by atoms with Crippen LogP contribution in [0.3, 0.4) is 0 Å². The summed E-state index contributed by atoms with van der Waals surface area (Å²) in [7, 11) is 0. The number of rotatable bonds is 8. The second-order valence-electron chi connectivity index (χ2n) is 9.99. The van der Waals surface area contributed by atoms with Gasteiger partial charge in [-0.2, -0.15) is 0 Å². The van der Waals surface area contributed by atoms with Crippen molar-refractivity contribution in [3.63, 3.8) is 0 Å². The third kappa shape index (κ3) is 5.33. The van der Waals surface area contributed by atoms with Crippen LogP contribution in [-0.4, -0.2) is 24.1 Å². The number of Topliss-reactive ketones (excluding diaryl/α,β-unsaturated/α-hetero) is 1. The van der Waals surface area contributed by atoms with Crippen molar-refractivity contribution in [2.45, 2.75) is 51.6 Å². The summed E-state index contributed by atoms with van der Waals surface area (Å²) in [5.41, 5.74) is 4.75. The molecule has 5 nitrogen and oxygen atoms in total. The normalized spacial score (nSPS) is 20.9. The van der Waals surface area contributed by atoms with Gasteiger partial charge >= 0.3 is 5.97 Å². The fraction of sp³-hybridized carbons (Fsp3) is 0.303. The number of para-hydroxylation sites is 1. The Balaban J connectivity index is 1.55. The van der Waals surface area contributed by atoms with E-state index in [1.54, 1.807) is 0 Å². The van der Waals surface area contributed by atoms with Gasteiger partial charge in [-0.15, -0.1) is 0 Å². The lowest BCUT2D eigenvalue weighted by Crippen LogP contribution is -2.41. The zero-order valence-corrected chi connectivity index (χ0v) is 21.9. The molecule has 1 unspecified atom stereocenters. The number of fused-ring (bicyclic) bond motifs is 1. The van der Waals surface area contributed by atoms with Crippen molar-refractivity contribution in [2.75, 3.05) is 6.61 Å². The number of esters is 1. The van der Waals surface area contributed by atoms with Crippen LogP contribution in [0.4, 0.5) is 0 Å². The molecule has 0 N–H and O–H groups in total. The summed E-state index contributed by atoms with van der Waals surface area (Å²) in [6.45, 7) is 4.61. The minimum Gasteiger partial charge on any atom is -0.493 e. The average molecular weight is 508 g/mol. The molecule has 2 aliphatic rings. The summed E-state index contributed by atoms with van der Waals surface area (Å²) in [6, 6.07) is 27.5. The van der Waals surface area contributed by atoms with E-state index in [4.69, 9.17) is 14.5 Å². The van der Waals surface area contributed by atoms with Crippen LogP contribution < -0.4 is 4.74 Å². The number of nitrogens with zero attached hydrogens (tertiary/aromatic N) is 1. The van der Waals surface area contributed by atoms with Gasteiger partial charge in [-0.1, -0.05) is 85.8 Å². The number of carbonyl (C=O) groups excluding carboxylic acids is 2. The maximum Gasteiger partial charge on any atom is 0.336 e. The van der Waals surface area contributed by atoms with Crippen LogP contribution in [0, 0.1) is 5.92 Å². The minimum absolute atomic E-state index is 0.0744. The van der Waals surface area contributed by atoms with Crippen LogP contribution in [0.15, 0.2) is 101 Å². The van der Waals surface area contributed by atoms with E-state index in [2.05, 4.69) is 19.1 Å². The maximum absolute atomic E-state index is 13.9. The van der Waals surface area contributed by atoms with Crippen molar-refractivity contribution in [3.8, 4) is 5.75 Å². The van der Waals surface area contributed by atoms with Crippen molar-refractivity contribution in [1.82, 2.24) is 0 Å². The van der Waals surface area contributed by atoms with Gasteiger partial charge in [0.05, 0.1) is 18.1 Å². The third-order valence-electron chi connectivity index (χ3n) is 7.37. The first-order valence-corrected chi connectivity index (χ1v) is 13.4. The predicted molar refractivity (Wildman–Crippen MR) is 148 cm³/mol. The second-order valence-corrected chi connectivity index (χ2v) is 9.99. The topological polar surface area (TPSA) is 65.0 Å². The number of hydrogen-bond acceptors (Lipinski definition) is 5. The van der Waals surface area contributed by atoms with Gasteiger partial charge in [0.15, 0.2) is 0 Å². The Bertz CT molecular complexity index is 1360. The van der Waals surface area contributed by atoms with Crippen LogP contribution in [0.5, 0.6) is 5.75 Å². The Morgan fingerprint density at radius 1 is 0.895 bits per heavy atom. The first-order chi connectivity index (χ1) is 18.6. The molecule has 0 saturated heterocycles. The second kappa shape index (κ2) is 11.6. The van der Waals surface area contributed by atoms with E-state index in [1.165, 1.54) is 0 Å². The fourth-order valence-corrected chi connectivity index (χ4v) is 5.62. The zero-order chi connectivity index (χ0) is 26.5. The molecule has 0 aromatic heterocycles. The molecule has 5 rings (SSSR count). The van der Waals surface area contributed by atoms with Crippen LogP contribution in [0.1, 0.15) is 61.6 Å².